The van der Waals surface area contributed by atoms with Crippen molar-refractivity contribution < 1.29 is 28.4 Å². The molecule has 0 unspecified atom stereocenters. The number of benzene rings is 2. The Labute approximate surface area is 154 Å². The van der Waals surface area contributed by atoms with Gasteiger partial charge in [-0.25, -0.2) is 9.18 Å². The normalized spacial score (nSPS) is 11.4. The molecule has 1 atom stereocenters. The zero-order valence-corrected chi connectivity index (χ0v) is 14.6. The van der Waals surface area contributed by atoms with Crippen molar-refractivity contribution in [3.05, 3.63) is 69.5 Å². The highest BCUT2D eigenvalue weighted by atomic mass is 19.1. The van der Waals surface area contributed by atoms with E-state index < -0.39 is 28.7 Å². The summed E-state index contributed by atoms with van der Waals surface area (Å²) in [6.07, 6.45) is 0. The van der Waals surface area contributed by atoms with Crippen LogP contribution in [-0.4, -0.2) is 30.0 Å². The molecule has 0 saturated carbocycles. The van der Waals surface area contributed by atoms with Gasteiger partial charge >= 0.3 is 5.97 Å². The largest absolute Gasteiger partial charge is 0.494 e. The molecule has 142 valence electrons. The van der Waals surface area contributed by atoms with Gasteiger partial charge in [-0.05, 0) is 30.7 Å². The summed E-state index contributed by atoms with van der Waals surface area (Å²) < 4.78 is 23.5. The molecule has 1 N–H and O–H groups in total. The fourth-order valence-electron chi connectivity index (χ4n) is 2.18. The molecule has 0 radical (unpaired) electrons. The van der Waals surface area contributed by atoms with Crippen LogP contribution >= 0.6 is 0 Å². The van der Waals surface area contributed by atoms with Gasteiger partial charge in [-0.15, -0.1) is 0 Å². The number of rotatable bonds is 7. The minimum absolute atomic E-state index is 0.0427. The van der Waals surface area contributed by atoms with Crippen molar-refractivity contribution in [3.8, 4) is 5.75 Å². The number of carbonyl (C=O) groups excluding carboxylic acids is 2. The van der Waals surface area contributed by atoms with Crippen LogP contribution in [0.1, 0.15) is 22.8 Å². The highest BCUT2D eigenvalue weighted by Crippen LogP contribution is 2.18. The zero-order valence-electron chi connectivity index (χ0n) is 14.6. The second-order valence-corrected chi connectivity index (χ2v) is 5.58. The van der Waals surface area contributed by atoms with E-state index in [2.05, 4.69) is 5.32 Å². The second kappa shape index (κ2) is 8.75. The molecule has 27 heavy (non-hydrogen) atoms. The molecular formula is C18H17FN2O6. The van der Waals surface area contributed by atoms with Crippen molar-refractivity contribution in [2.75, 3.05) is 7.11 Å². The molecular weight excluding hydrogens is 359 g/mol. The number of nitrogens with one attached hydrogen (secondary N) is 1. The van der Waals surface area contributed by atoms with Crippen LogP contribution in [0.2, 0.25) is 0 Å². The quantitative estimate of drug-likeness (QED) is 0.452. The SMILES string of the molecule is COc1ccc(COC(=O)[C@H](C)NC(=O)c2cccc([N+](=O)[O-])c2)cc1F. The lowest BCUT2D eigenvalue weighted by Gasteiger charge is -2.14. The van der Waals surface area contributed by atoms with Gasteiger partial charge < -0.3 is 14.8 Å². The molecule has 8 nitrogen and oxygen atoms in total. The van der Waals surface area contributed by atoms with E-state index in [-0.39, 0.29) is 23.6 Å². The first-order chi connectivity index (χ1) is 12.8. The molecule has 0 aliphatic rings. The molecule has 0 aromatic heterocycles. The summed E-state index contributed by atoms with van der Waals surface area (Å²) in [5.74, 6) is -1.90. The Morgan fingerprint density at radius 2 is 2.00 bits per heavy atom. The maximum absolute atomic E-state index is 13.6. The van der Waals surface area contributed by atoms with Crippen molar-refractivity contribution in [2.24, 2.45) is 0 Å². The molecule has 2 aromatic rings. The van der Waals surface area contributed by atoms with E-state index in [0.717, 1.165) is 6.07 Å². The van der Waals surface area contributed by atoms with E-state index >= 15 is 0 Å². The molecule has 0 heterocycles. The van der Waals surface area contributed by atoms with E-state index in [1.165, 1.54) is 44.4 Å². The summed E-state index contributed by atoms with van der Waals surface area (Å²) in [4.78, 5) is 34.3. The van der Waals surface area contributed by atoms with Gasteiger partial charge in [0.2, 0.25) is 0 Å². The molecule has 0 saturated heterocycles. The molecule has 2 rings (SSSR count). The zero-order chi connectivity index (χ0) is 20.0. The van der Waals surface area contributed by atoms with Crippen molar-refractivity contribution in [1.29, 1.82) is 0 Å². The van der Waals surface area contributed by atoms with Crippen molar-refractivity contribution >= 4 is 17.6 Å². The van der Waals surface area contributed by atoms with Crippen LogP contribution in [0.25, 0.3) is 0 Å². The number of amides is 1. The number of carbonyl (C=O) groups is 2. The van der Waals surface area contributed by atoms with Gasteiger partial charge in [-0.2, -0.15) is 0 Å². The number of esters is 1. The summed E-state index contributed by atoms with van der Waals surface area (Å²) >= 11 is 0. The van der Waals surface area contributed by atoms with E-state index in [1.807, 2.05) is 0 Å². The predicted molar refractivity (Wildman–Crippen MR) is 92.8 cm³/mol. The van der Waals surface area contributed by atoms with Crippen LogP contribution in [0, 0.1) is 15.9 Å². The van der Waals surface area contributed by atoms with Crippen LogP contribution in [0.3, 0.4) is 0 Å². The lowest BCUT2D eigenvalue weighted by molar-refractivity contribution is -0.384. The molecule has 1 amide bonds. The first-order valence-electron chi connectivity index (χ1n) is 7.86. The van der Waals surface area contributed by atoms with Crippen molar-refractivity contribution in [2.45, 2.75) is 19.6 Å². The highest BCUT2D eigenvalue weighted by Gasteiger charge is 2.19. The maximum Gasteiger partial charge on any atom is 0.328 e. The Hall–Kier alpha value is -3.49. The molecule has 9 heteroatoms. The molecule has 0 aliphatic heterocycles. The summed E-state index contributed by atoms with van der Waals surface area (Å²) in [5.41, 5.74) is 0.222. The Bertz CT molecular complexity index is 871. The average molecular weight is 376 g/mol. The summed E-state index contributed by atoms with van der Waals surface area (Å²) in [5, 5.41) is 13.2. The Kier molecular flexibility index (Phi) is 6.42. The number of methoxy groups -OCH3 is 1. The molecule has 0 aliphatic carbocycles. The number of nitrogens with zero attached hydrogens (tertiary/aromatic N) is 1. The van der Waals surface area contributed by atoms with E-state index in [1.54, 1.807) is 6.07 Å². The number of ether oxygens (including phenoxy) is 2. The van der Waals surface area contributed by atoms with Crippen LogP contribution < -0.4 is 10.1 Å². The van der Waals surface area contributed by atoms with Gasteiger partial charge in [-0.1, -0.05) is 12.1 Å². The number of nitro groups is 1. The molecule has 0 fully saturated rings. The van der Waals surface area contributed by atoms with E-state index in [0.29, 0.717) is 5.56 Å². The number of halogens is 1. The summed E-state index contributed by atoms with van der Waals surface area (Å²) in [6.45, 7) is 1.23. The number of hydrogen-bond acceptors (Lipinski definition) is 6. The van der Waals surface area contributed by atoms with Gasteiger partial charge in [0.1, 0.15) is 12.6 Å². The standard InChI is InChI=1S/C18H17FN2O6/c1-11(20-17(22)13-4-3-5-14(9-13)21(24)25)18(23)27-10-12-6-7-16(26-2)15(19)8-12/h3-9,11H,10H2,1-2H3,(H,20,22)/t11-/m0/s1. The van der Waals surface area contributed by atoms with Crippen LogP contribution in [0.5, 0.6) is 5.75 Å². The number of nitro benzene ring substituents is 1. The highest BCUT2D eigenvalue weighted by molar-refractivity contribution is 5.97. The van der Waals surface area contributed by atoms with Crippen molar-refractivity contribution in [3.63, 3.8) is 0 Å². The Morgan fingerprint density at radius 3 is 2.63 bits per heavy atom. The van der Waals surface area contributed by atoms with Crippen LogP contribution in [0.4, 0.5) is 10.1 Å². The van der Waals surface area contributed by atoms with Gasteiger partial charge in [-0.3, -0.25) is 14.9 Å². The first kappa shape index (κ1) is 19.8. The van der Waals surface area contributed by atoms with Gasteiger partial charge in [0.15, 0.2) is 11.6 Å². The monoisotopic (exact) mass is 376 g/mol. The fraction of sp³-hybridized carbons (Fsp3) is 0.222. The lowest BCUT2D eigenvalue weighted by Crippen LogP contribution is -2.39. The summed E-state index contributed by atoms with van der Waals surface area (Å²) in [6, 6.07) is 8.25. The smallest absolute Gasteiger partial charge is 0.328 e. The van der Waals surface area contributed by atoms with E-state index in [4.69, 9.17) is 9.47 Å². The number of hydrogen-bond donors (Lipinski definition) is 1. The third-order valence-corrected chi connectivity index (χ3v) is 3.62. The maximum atomic E-state index is 13.6. The Balaban J connectivity index is 1.93. The van der Waals surface area contributed by atoms with Crippen molar-refractivity contribution in [1.82, 2.24) is 5.32 Å². The number of non-ortho nitro benzene ring substituents is 1. The Morgan fingerprint density at radius 1 is 1.26 bits per heavy atom. The van der Waals surface area contributed by atoms with Crippen LogP contribution in [0.15, 0.2) is 42.5 Å². The van der Waals surface area contributed by atoms with Crippen LogP contribution in [-0.2, 0) is 16.1 Å². The third kappa shape index (κ3) is 5.24. The second-order valence-electron chi connectivity index (χ2n) is 5.58. The topological polar surface area (TPSA) is 108 Å². The lowest BCUT2D eigenvalue weighted by atomic mass is 10.2. The molecule has 0 spiro atoms. The van der Waals surface area contributed by atoms with Gasteiger partial charge in [0.25, 0.3) is 11.6 Å². The first-order valence-corrected chi connectivity index (χ1v) is 7.86. The molecule has 2 aromatic carbocycles. The fourth-order valence-corrected chi connectivity index (χ4v) is 2.18. The van der Waals surface area contributed by atoms with Gasteiger partial charge in [0, 0.05) is 17.7 Å². The minimum atomic E-state index is -1.00. The molecule has 0 bridgehead atoms. The van der Waals surface area contributed by atoms with Gasteiger partial charge in [0.05, 0.1) is 12.0 Å². The van der Waals surface area contributed by atoms with E-state index in [9.17, 15) is 24.1 Å². The minimum Gasteiger partial charge on any atom is -0.494 e. The predicted octanol–water partition coefficient (Wildman–Crippen LogP) is 2.60. The summed E-state index contributed by atoms with van der Waals surface area (Å²) in [7, 11) is 1.34. The third-order valence-electron chi connectivity index (χ3n) is 3.62. The average Bonchev–Trinajstić information content (AvgIpc) is 2.66.